The molecule has 0 amide bonds. The van der Waals surface area contributed by atoms with Gasteiger partial charge in [-0.15, -0.1) is 0 Å². The van der Waals surface area contributed by atoms with Crippen LogP contribution in [0.25, 0.3) is 0 Å². The standard InChI is InChI=1S/C15H24N4/c1-12-10-14(19-8-3-4-9-19)17-15(16-12)13-6-5-7-18(2)11-13/h10,13H,3-9,11H2,1-2H3/t13-/m1/s1. The molecule has 1 aromatic rings. The van der Waals surface area contributed by atoms with Crippen LogP contribution in [-0.2, 0) is 0 Å². The lowest BCUT2D eigenvalue weighted by Crippen LogP contribution is -2.32. The summed E-state index contributed by atoms with van der Waals surface area (Å²) in [5.41, 5.74) is 1.11. The molecule has 4 nitrogen and oxygen atoms in total. The molecule has 0 aliphatic carbocycles. The number of nitrogens with zero attached hydrogens (tertiary/aromatic N) is 4. The topological polar surface area (TPSA) is 32.3 Å². The lowest BCUT2D eigenvalue weighted by molar-refractivity contribution is 0.245. The molecule has 3 heterocycles. The number of likely N-dealkylation sites (tertiary alicyclic amines) is 1. The predicted molar refractivity (Wildman–Crippen MR) is 77.7 cm³/mol. The van der Waals surface area contributed by atoms with E-state index in [1.165, 1.54) is 32.2 Å². The van der Waals surface area contributed by atoms with Crippen molar-refractivity contribution in [3.63, 3.8) is 0 Å². The van der Waals surface area contributed by atoms with Crippen LogP contribution in [0.15, 0.2) is 6.07 Å². The molecule has 4 heteroatoms. The van der Waals surface area contributed by atoms with Gasteiger partial charge in [0.1, 0.15) is 11.6 Å². The van der Waals surface area contributed by atoms with Gasteiger partial charge in [0, 0.05) is 37.3 Å². The largest absolute Gasteiger partial charge is 0.357 e. The van der Waals surface area contributed by atoms with Gasteiger partial charge in [-0.1, -0.05) is 0 Å². The number of rotatable bonds is 2. The van der Waals surface area contributed by atoms with Gasteiger partial charge in [0.05, 0.1) is 0 Å². The maximum Gasteiger partial charge on any atom is 0.135 e. The van der Waals surface area contributed by atoms with Gasteiger partial charge in [0.2, 0.25) is 0 Å². The number of likely N-dealkylation sites (N-methyl/N-ethyl adjacent to an activating group) is 1. The van der Waals surface area contributed by atoms with Gasteiger partial charge in [0.15, 0.2) is 0 Å². The first kappa shape index (κ1) is 12.9. The van der Waals surface area contributed by atoms with Gasteiger partial charge >= 0.3 is 0 Å². The Morgan fingerprint density at radius 2 is 1.89 bits per heavy atom. The second-order valence-corrected chi connectivity index (χ2v) is 6.02. The van der Waals surface area contributed by atoms with Crippen LogP contribution < -0.4 is 4.90 Å². The number of hydrogen-bond donors (Lipinski definition) is 0. The van der Waals surface area contributed by atoms with Crippen LogP contribution in [0.1, 0.15) is 43.1 Å². The number of hydrogen-bond acceptors (Lipinski definition) is 4. The highest BCUT2D eigenvalue weighted by Gasteiger charge is 2.23. The highest BCUT2D eigenvalue weighted by molar-refractivity contribution is 5.41. The molecule has 0 unspecified atom stereocenters. The number of aryl methyl sites for hydroxylation is 1. The molecule has 0 bridgehead atoms. The summed E-state index contributed by atoms with van der Waals surface area (Å²) in [7, 11) is 2.20. The van der Waals surface area contributed by atoms with Crippen LogP contribution in [0.4, 0.5) is 5.82 Å². The Labute approximate surface area is 115 Å². The summed E-state index contributed by atoms with van der Waals surface area (Å²) in [6.45, 7) is 6.71. The molecular formula is C15H24N4. The predicted octanol–water partition coefficient (Wildman–Crippen LogP) is 2.19. The fourth-order valence-electron chi connectivity index (χ4n) is 3.24. The van der Waals surface area contributed by atoms with E-state index in [1.807, 2.05) is 0 Å². The minimum absolute atomic E-state index is 0.514. The third kappa shape index (κ3) is 2.89. The smallest absolute Gasteiger partial charge is 0.135 e. The fraction of sp³-hybridized carbons (Fsp3) is 0.733. The van der Waals surface area contributed by atoms with Crippen molar-refractivity contribution < 1.29 is 0 Å². The maximum atomic E-state index is 4.86. The second kappa shape index (κ2) is 5.45. The molecule has 2 fully saturated rings. The van der Waals surface area contributed by atoms with Crippen molar-refractivity contribution in [3.8, 4) is 0 Å². The molecule has 1 aromatic heterocycles. The minimum atomic E-state index is 0.514. The van der Waals surface area contributed by atoms with E-state index in [4.69, 9.17) is 9.97 Å². The lowest BCUT2D eigenvalue weighted by Gasteiger charge is -2.29. The molecule has 104 valence electrons. The monoisotopic (exact) mass is 260 g/mol. The summed E-state index contributed by atoms with van der Waals surface area (Å²) < 4.78 is 0. The highest BCUT2D eigenvalue weighted by Crippen LogP contribution is 2.26. The third-order valence-corrected chi connectivity index (χ3v) is 4.28. The van der Waals surface area contributed by atoms with Crippen LogP contribution >= 0.6 is 0 Å². The number of piperidine rings is 1. The first-order valence-electron chi connectivity index (χ1n) is 7.51. The van der Waals surface area contributed by atoms with E-state index in [1.54, 1.807) is 0 Å². The summed E-state index contributed by atoms with van der Waals surface area (Å²) in [6, 6.07) is 2.14. The Balaban J connectivity index is 1.84. The summed E-state index contributed by atoms with van der Waals surface area (Å²) in [6.07, 6.45) is 5.08. The molecule has 0 N–H and O–H groups in total. The lowest BCUT2D eigenvalue weighted by atomic mass is 9.97. The molecule has 0 saturated carbocycles. The zero-order chi connectivity index (χ0) is 13.2. The Hall–Kier alpha value is -1.16. The van der Waals surface area contributed by atoms with Crippen molar-refractivity contribution in [3.05, 3.63) is 17.6 Å². The Bertz CT molecular complexity index is 440. The summed E-state index contributed by atoms with van der Waals surface area (Å²) in [5, 5.41) is 0. The molecule has 0 aromatic carbocycles. The second-order valence-electron chi connectivity index (χ2n) is 6.02. The van der Waals surface area contributed by atoms with Gasteiger partial charge in [-0.05, 0) is 46.2 Å². The first-order valence-corrected chi connectivity index (χ1v) is 7.51. The Morgan fingerprint density at radius 3 is 2.63 bits per heavy atom. The number of aromatic nitrogens is 2. The quantitative estimate of drug-likeness (QED) is 0.816. The van der Waals surface area contributed by atoms with Gasteiger partial charge in [0.25, 0.3) is 0 Å². The van der Waals surface area contributed by atoms with Gasteiger partial charge in [-0.3, -0.25) is 0 Å². The van der Waals surface area contributed by atoms with E-state index in [-0.39, 0.29) is 0 Å². The van der Waals surface area contributed by atoms with Crippen molar-refractivity contribution in [1.29, 1.82) is 0 Å². The molecular weight excluding hydrogens is 236 g/mol. The molecule has 2 saturated heterocycles. The highest BCUT2D eigenvalue weighted by atomic mass is 15.2. The van der Waals surface area contributed by atoms with Crippen molar-refractivity contribution in [2.75, 3.05) is 38.1 Å². The van der Waals surface area contributed by atoms with Gasteiger partial charge < -0.3 is 9.80 Å². The van der Waals surface area contributed by atoms with Crippen molar-refractivity contribution in [1.82, 2.24) is 14.9 Å². The molecule has 0 spiro atoms. The zero-order valence-electron chi connectivity index (χ0n) is 12.1. The van der Waals surface area contributed by atoms with E-state index < -0.39 is 0 Å². The summed E-state index contributed by atoms with van der Waals surface area (Å²) in [5.74, 6) is 2.72. The molecule has 3 rings (SSSR count). The van der Waals surface area contributed by atoms with Crippen LogP contribution in [0.2, 0.25) is 0 Å². The third-order valence-electron chi connectivity index (χ3n) is 4.28. The molecule has 0 radical (unpaired) electrons. The van der Waals surface area contributed by atoms with Crippen molar-refractivity contribution in [2.45, 2.75) is 38.5 Å². The van der Waals surface area contributed by atoms with E-state index in [0.717, 1.165) is 37.0 Å². The summed E-state index contributed by atoms with van der Waals surface area (Å²) >= 11 is 0. The normalized spacial score (nSPS) is 24.9. The molecule has 2 aliphatic rings. The Morgan fingerprint density at radius 1 is 1.11 bits per heavy atom. The van der Waals surface area contributed by atoms with Crippen LogP contribution in [-0.4, -0.2) is 48.1 Å². The van der Waals surface area contributed by atoms with Crippen LogP contribution in [0.5, 0.6) is 0 Å². The summed E-state index contributed by atoms with van der Waals surface area (Å²) in [4.78, 5) is 14.4. The number of anilines is 1. The average Bonchev–Trinajstić information content (AvgIpc) is 2.92. The van der Waals surface area contributed by atoms with Gasteiger partial charge in [-0.2, -0.15) is 0 Å². The van der Waals surface area contributed by atoms with Crippen LogP contribution in [0.3, 0.4) is 0 Å². The Kier molecular flexibility index (Phi) is 3.69. The average molecular weight is 260 g/mol. The van der Waals surface area contributed by atoms with E-state index >= 15 is 0 Å². The van der Waals surface area contributed by atoms with E-state index in [9.17, 15) is 0 Å². The molecule has 19 heavy (non-hydrogen) atoms. The van der Waals surface area contributed by atoms with E-state index in [0.29, 0.717) is 5.92 Å². The van der Waals surface area contributed by atoms with Gasteiger partial charge in [-0.25, -0.2) is 9.97 Å². The minimum Gasteiger partial charge on any atom is -0.357 e. The first-order chi connectivity index (χ1) is 9.22. The van der Waals surface area contributed by atoms with E-state index in [2.05, 4.69) is 29.8 Å². The van der Waals surface area contributed by atoms with Crippen molar-refractivity contribution >= 4 is 5.82 Å². The molecule has 2 aliphatic heterocycles. The van der Waals surface area contributed by atoms with Crippen LogP contribution in [0, 0.1) is 6.92 Å². The fourth-order valence-corrected chi connectivity index (χ4v) is 3.24. The maximum absolute atomic E-state index is 4.86. The van der Waals surface area contributed by atoms with Crippen molar-refractivity contribution in [2.24, 2.45) is 0 Å². The zero-order valence-corrected chi connectivity index (χ0v) is 12.1. The SMILES string of the molecule is Cc1cc(N2CCCC2)nc([C@@H]2CCCN(C)C2)n1. The molecule has 1 atom stereocenters.